The van der Waals surface area contributed by atoms with Crippen molar-refractivity contribution in [3.8, 4) is 0 Å². The van der Waals surface area contributed by atoms with E-state index >= 15 is 0 Å². The third-order valence-electron chi connectivity index (χ3n) is 2.42. The Hall–Kier alpha value is -1.09. The van der Waals surface area contributed by atoms with Gasteiger partial charge >= 0.3 is 0 Å². The van der Waals surface area contributed by atoms with Gasteiger partial charge in [-0.2, -0.15) is 0 Å². The highest BCUT2D eigenvalue weighted by Gasteiger charge is 2.13. The van der Waals surface area contributed by atoms with E-state index in [9.17, 15) is 4.79 Å². The van der Waals surface area contributed by atoms with Crippen LogP contribution in [0.5, 0.6) is 0 Å². The molecule has 0 aliphatic carbocycles. The lowest BCUT2D eigenvalue weighted by molar-refractivity contribution is 0.0762. The third kappa shape index (κ3) is 3.49. The van der Waals surface area contributed by atoms with Gasteiger partial charge in [0.1, 0.15) is 5.15 Å². The molecule has 4 heteroatoms. The first-order valence-electron chi connectivity index (χ1n) is 5.59. The molecule has 1 aromatic rings. The van der Waals surface area contributed by atoms with Crippen LogP contribution in [0.4, 0.5) is 0 Å². The summed E-state index contributed by atoms with van der Waals surface area (Å²) in [4.78, 5) is 17.8. The van der Waals surface area contributed by atoms with Crippen molar-refractivity contribution in [2.24, 2.45) is 0 Å². The number of unbranched alkanes of at least 4 members (excludes halogenated alkanes) is 1. The lowest BCUT2D eigenvalue weighted by Gasteiger charge is -2.20. The van der Waals surface area contributed by atoms with Crippen LogP contribution in [-0.2, 0) is 0 Å². The molecule has 0 aromatic carbocycles. The van der Waals surface area contributed by atoms with Gasteiger partial charge in [0.2, 0.25) is 0 Å². The van der Waals surface area contributed by atoms with Crippen LogP contribution in [0, 0.1) is 0 Å². The average Bonchev–Trinajstić information content (AvgIpc) is 2.29. The van der Waals surface area contributed by atoms with E-state index in [2.05, 4.69) is 11.9 Å². The molecule has 1 rings (SSSR count). The fraction of sp³-hybridized carbons (Fsp3) is 0.500. The molecule has 0 fully saturated rings. The molecular formula is C12H17ClN2O. The first-order valence-corrected chi connectivity index (χ1v) is 5.97. The number of rotatable bonds is 5. The van der Waals surface area contributed by atoms with Crippen molar-refractivity contribution in [2.75, 3.05) is 13.1 Å². The molecular weight excluding hydrogens is 224 g/mol. The average molecular weight is 241 g/mol. The number of aromatic nitrogens is 1. The van der Waals surface area contributed by atoms with Gasteiger partial charge in [-0.3, -0.25) is 4.79 Å². The number of hydrogen-bond acceptors (Lipinski definition) is 2. The summed E-state index contributed by atoms with van der Waals surface area (Å²) < 4.78 is 0. The van der Waals surface area contributed by atoms with Crippen LogP contribution in [0.3, 0.4) is 0 Å². The van der Waals surface area contributed by atoms with Crippen LogP contribution in [0.15, 0.2) is 18.3 Å². The molecule has 0 unspecified atom stereocenters. The lowest BCUT2D eigenvalue weighted by atomic mass is 10.2. The van der Waals surface area contributed by atoms with Gasteiger partial charge in [0.05, 0.1) is 0 Å². The van der Waals surface area contributed by atoms with E-state index in [1.54, 1.807) is 18.3 Å². The minimum absolute atomic E-state index is 0.0280. The van der Waals surface area contributed by atoms with Crippen LogP contribution in [-0.4, -0.2) is 28.9 Å². The van der Waals surface area contributed by atoms with Crippen LogP contribution < -0.4 is 0 Å². The third-order valence-corrected chi connectivity index (χ3v) is 2.63. The van der Waals surface area contributed by atoms with Crippen molar-refractivity contribution in [3.05, 3.63) is 29.0 Å². The number of carbonyl (C=O) groups excluding carboxylic acids is 1. The first kappa shape index (κ1) is 13.0. The van der Waals surface area contributed by atoms with E-state index in [1.165, 1.54) is 0 Å². The van der Waals surface area contributed by atoms with Crippen molar-refractivity contribution in [1.82, 2.24) is 9.88 Å². The van der Waals surface area contributed by atoms with Crippen molar-refractivity contribution >= 4 is 17.5 Å². The second-order valence-corrected chi connectivity index (χ2v) is 3.99. The van der Waals surface area contributed by atoms with Gasteiger partial charge in [-0.15, -0.1) is 0 Å². The fourth-order valence-electron chi connectivity index (χ4n) is 1.47. The highest BCUT2D eigenvalue weighted by atomic mass is 35.5. The zero-order valence-corrected chi connectivity index (χ0v) is 10.5. The molecule has 0 aliphatic heterocycles. The number of amides is 1. The van der Waals surface area contributed by atoms with Gasteiger partial charge in [-0.05, 0) is 25.5 Å². The first-order chi connectivity index (χ1) is 7.69. The minimum Gasteiger partial charge on any atom is -0.339 e. The summed E-state index contributed by atoms with van der Waals surface area (Å²) in [6, 6.07) is 3.31. The van der Waals surface area contributed by atoms with Crippen LogP contribution >= 0.6 is 11.6 Å². The summed E-state index contributed by atoms with van der Waals surface area (Å²) in [6.07, 6.45) is 3.67. The highest BCUT2D eigenvalue weighted by Crippen LogP contribution is 2.10. The summed E-state index contributed by atoms with van der Waals surface area (Å²) in [5.41, 5.74) is 0.609. The zero-order valence-electron chi connectivity index (χ0n) is 9.74. The summed E-state index contributed by atoms with van der Waals surface area (Å²) in [5, 5.41) is 0.359. The largest absolute Gasteiger partial charge is 0.339 e. The molecule has 0 atom stereocenters. The molecule has 0 N–H and O–H groups in total. The Bertz CT molecular complexity index is 355. The van der Waals surface area contributed by atoms with Crippen LogP contribution in [0.1, 0.15) is 37.0 Å². The maximum Gasteiger partial charge on any atom is 0.254 e. The summed E-state index contributed by atoms with van der Waals surface area (Å²) in [6.45, 7) is 5.61. The van der Waals surface area contributed by atoms with E-state index in [1.807, 2.05) is 11.8 Å². The van der Waals surface area contributed by atoms with E-state index in [4.69, 9.17) is 11.6 Å². The normalized spacial score (nSPS) is 10.2. The SMILES string of the molecule is CCCCN(CC)C(=O)c1ccnc(Cl)c1. The number of halogens is 1. The maximum absolute atomic E-state index is 12.1. The topological polar surface area (TPSA) is 33.2 Å². The summed E-state index contributed by atoms with van der Waals surface area (Å²) in [7, 11) is 0. The lowest BCUT2D eigenvalue weighted by Crippen LogP contribution is -2.31. The monoisotopic (exact) mass is 240 g/mol. The van der Waals surface area contributed by atoms with Gasteiger partial charge in [0.25, 0.3) is 5.91 Å². The Kier molecular flexibility index (Phi) is 5.26. The van der Waals surface area contributed by atoms with E-state index in [-0.39, 0.29) is 5.91 Å². The van der Waals surface area contributed by atoms with Gasteiger partial charge < -0.3 is 4.90 Å². The Labute approximate surface area is 101 Å². The molecule has 16 heavy (non-hydrogen) atoms. The van der Waals surface area contributed by atoms with Crippen molar-refractivity contribution in [1.29, 1.82) is 0 Å². The molecule has 88 valence electrons. The molecule has 0 spiro atoms. The molecule has 0 aliphatic rings. The second kappa shape index (κ2) is 6.48. The van der Waals surface area contributed by atoms with E-state index in [0.717, 1.165) is 25.9 Å². The Morgan fingerprint density at radius 3 is 2.81 bits per heavy atom. The van der Waals surface area contributed by atoms with Gasteiger partial charge in [-0.25, -0.2) is 4.98 Å². The predicted molar refractivity (Wildman–Crippen MR) is 65.7 cm³/mol. The Morgan fingerprint density at radius 2 is 2.25 bits per heavy atom. The molecule has 3 nitrogen and oxygen atoms in total. The summed E-state index contributed by atoms with van der Waals surface area (Å²) in [5.74, 6) is 0.0280. The summed E-state index contributed by atoms with van der Waals surface area (Å²) >= 11 is 5.76. The van der Waals surface area contributed by atoms with Crippen molar-refractivity contribution in [3.63, 3.8) is 0 Å². The Balaban J connectivity index is 2.74. The standard InChI is InChI=1S/C12H17ClN2O/c1-3-5-8-15(4-2)12(16)10-6-7-14-11(13)9-10/h6-7,9H,3-5,8H2,1-2H3. The molecule has 1 aromatic heterocycles. The van der Waals surface area contributed by atoms with Gasteiger partial charge in [0.15, 0.2) is 0 Å². The van der Waals surface area contributed by atoms with Crippen LogP contribution in [0.25, 0.3) is 0 Å². The molecule has 1 amide bonds. The smallest absolute Gasteiger partial charge is 0.254 e. The van der Waals surface area contributed by atoms with Gasteiger partial charge in [0, 0.05) is 24.8 Å². The predicted octanol–water partition coefficient (Wildman–Crippen LogP) is 3.00. The van der Waals surface area contributed by atoms with Crippen molar-refractivity contribution in [2.45, 2.75) is 26.7 Å². The number of carbonyl (C=O) groups is 1. The maximum atomic E-state index is 12.1. The minimum atomic E-state index is 0.0280. The zero-order chi connectivity index (χ0) is 12.0. The Morgan fingerprint density at radius 1 is 1.50 bits per heavy atom. The highest BCUT2D eigenvalue weighted by molar-refractivity contribution is 6.29. The molecule has 0 saturated heterocycles. The second-order valence-electron chi connectivity index (χ2n) is 3.61. The number of nitrogens with zero attached hydrogens (tertiary/aromatic N) is 2. The number of pyridine rings is 1. The molecule has 1 heterocycles. The van der Waals surface area contributed by atoms with E-state index in [0.29, 0.717) is 10.7 Å². The van der Waals surface area contributed by atoms with Crippen LogP contribution in [0.2, 0.25) is 5.15 Å². The molecule has 0 bridgehead atoms. The molecule has 0 radical (unpaired) electrons. The van der Waals surface area contributed by atoms with Crippen molar-refractivity contribution < 1.29 is 4.79 Å². The quantitative estimate of drug-likeness (QED) is 0.742. The van der Waals surface area contributed by atoms with Gasteiger partial charge in [-0.1, -0.05) is 24.9 Å². The number of hydrogen-bond donors (Lipinski definition) is 0. The molecule has 0 saturated carbocycles. The van der Waals surface area contributed by atoms with E-state index < -0.39 is 0 Å². The fourth-order valence-corrected chi connectivity index (χ4v) is 1.64.